The molecule has 160 valence electrons. The Hall–Kier alpha value is -2.81. The van der Waals surface area contributed by atoms with Crippen LogP contribution in [0.2, 0.25) is 0 Å². The Kier molecular flexibility index (Phi) is 5.31. The van der Waals surface area contributed by atoms with Crippen LogP contribution in [-0.2, 0) is 0 Å². The molecule has 2 aliphatic rings. The van der Waals surface area contributed by atoms with Gasteiger partial charge in [-0.25, -0.2) is 18.6 Å². The molecule has 0 unspecified atom stereocenters. The molecule has 0 aromatic carbocycles. The summed E-state index contributed by atoms with van der Waals surface area (Å²) in [4.78, 5) is 31.9. The summed E-state index contributed by atoms with van der Waals surface area (Å²) < 4.78 is 30.9. The highest BCUT2D eigenvalue weighted by Gasteiger charge is 2.29. The van der Waals surface area contributed by atoms with E-state index in [1.54, 1.807) is 28.5 Å². The largest absolute Gasteiger partial charge is 0.477 e. The van der Waals surface area contributed by atoms with Crippen molar-refractivity contribution >= 4 is 22.8 Å². The minimum absolute atomic E-state index is 0.0299. The number of fused-ring (bicyclic) bond motifs is 1. The molecule has 1 aliphatic heterocycles. The third-order valence-electron chi connectivity index (χ3n) is 5.62. The Morgan fingerprint density at radius 1 is 1.30 bits per heavy atom. The van der Waals surface area contributed by atoms with Gasteiger partial charge in [-0.1, -0.05) is 0 Å². The van der Waals surface area contributed by atoms with Crippen LogP contribution in [0.4, 0.5) is 14.6 Å². The van der Waals surface area contributed by atoms with Crippen LogP contribution in [-0.4, -0.2) is 59.3 Å². The fourth-order valence-electron chi connectivity index (χ4n) is 3.89. The molecule has 7 nitrogen and oxygen atoms in total. The number of piperidine rings is 1. The fourth-order valence-corrected chi connectivity index (χ4v) is 3.89. The van der Waals surface area contributed by atoms with Gasteiger partial charge in [0.1, 0.15) is 17.0 Å². The second-order valence-corrected chi connectivity index (χ2v) is 8.21. The summed E-state index contributed by atoms with van der Waals surface area (Å²) in [7, 11) is 3.61. The monoisotopic (exact) mass is 418 g/mol. The van der Waals surface area contributed by atoms with Crippen molar-refractivity contribution in [1.82, 2.24) is 14.5 Å². The van der Waals surface area contributed by atoms with Gasteiger partial charge < -0.3 is 19.5 Å². The van der Waals surface area contributed by atoms with Crippen LogP contribution < -0.4 is 10.3 Å². The van der Waals surface area contributed by atoms with Crippen LogP contribution >= 0.6 is 0 Å². The van der Waals surface area contributed by atoms with E-state index in [4.69, 9.17) is 0 Å². The Labute approximate surface area is 172 Å². The van der Waals surface area contributed by atoms with Crippen molar-refractivity contribution in [3.8, 4) is 0 Å². The molecular formula is C21H24F2N4O3. The zero-order chi connectivity index (χ0) is 21.6. The minimum atomic E-state index is -1.34. The zero-order valence-corrected chi connectivity index (χ0v) is 17.0. The number of carboxylic acid groups (broad SMARTS) is 1. The molecule has 0 atom stereocenters. The van der Waals surface area contributed by atoms with Crippen molar-refractivity contribution < 1.29 is 18.7 Å². The van der Waals surface area contributed by atoms with Crippen LogP contribution in [0.25, 0.3) is 11.0 Å². The number of hydrogen-bond acceptors (Lipinski definition) is 5. The standard InChI is InChI=1S/C21H24F2N4O3/c1-25(2)11-17(23)12-5-7-26(8-6-12)20-16(22)9-14-18(28)15(21(29)30)10-27(13-3-4-13)19(14)24-20/h9-10,13H,3-8,11H2,1-2H3,(H,29,30). The number of rotatable bonds is 5. The number of hydrogen-bond donors (Lipinski definition) is 1. The molecule has 3 heterocycles. The van der Waals surface area contributed by atoms with Gasteiger partial charge in [0, 0.05) is 31.9 Å². The number of anilines is 1. The van der Waals surface area contributed by atoms with Crippen molar-refractivity contribution in [1.29, 1.82) is 0 Å². The lowest BCUT2D eigenvalue weighted by Gasteiger charge is -2.30. The molecule has 0 amide bonds. The van der Waals surface area contributed by atoms with E-state index in [0.29, 0.717) is 31.6 Å². The SMILES string of the molecule is CN(C)CC(F)=C1CCN(c2nc3c(cc2F)c(=O)c(C(=O)O)cn3C2CC2)CC1. The molecule has 0 radical (unpaired) electrons. The van der Waals surface area contributed by atoms with E-state index < -0.39 is 17.2 Å². The van der Waals surface area contributed by atoms with Gasteiger partial charge in [-0.2, -0.15) is 0 Å². The number of likely N-dealkylation sites (N-methyl/N-ethyl adjacent to an activating group) is 1. The van der Waals surface area contributed by atoms with Crippen molar-refractivity contribution in [2.75, 3.05) is 38.6 Å². The molecule has 9 heteroatoms. The van der Waals surface area contributed by atoms with Crippen LogP contribution in [0.3, 0.4) is 0 Å². The van der Waals surface area contributed by atoms with Crippen LogP contribution in [0.5, 0.6) is 0 Å². The summed E-state index contributed by atoms with van der Waals surface area (Å²) in [5, 5.41) is 9.30. The maximum absolute atomic E-state index is 14.9. The summed E-state index contributed by atoms with van der Waals surface area (Å²) in [6.07, 6.45) is 3.98. The molecule has 1 aliphatic carbocycles. The van der Waals surface area contributed by atoms with Crippen molar-refractivity contribution in [3.05, 3.63) is 45.3 Å². The molecule has 2 aromatic rings. The summed E-state index contributed by atoms with van der Waals surface area (Å²) >= 11 is 0. The molecule has 30 heavy (non-hydrogen) atoms. The fraction of sp³-hybridized carbons (Fsp3) is 0.476. The lowest BCUT2D eigenvalue weighted by molar-refractivity contribution is 0.0695. The van der Waals surface area contributed by atoms with E-state index in [-0.39, 0.29) is 35.2 Å². The van der Waals surface area contributed by atoms with Crippen LogP contribution in [0.15, 0.2) is 28.5 Å². The first kappa shape index (κ1) is 20.5. The predicted octanol–water partition coefficient (Wildman–Crippen LogP) is 2.95. The first-order valence-corrected chi connectivity index (χ1v) is 10.0. The van der Waals surface area contributed by atoms with Crippen molar-refractivity contribution in [2.45, 2.75) is 31.7 Å². The minimum Gasteiger partial charge on any atom is -0.477 e. The number of carboxylic acids is 1. The van der Waals surface area contributed by atoms with Crippen molar-refractivity contribution in [3.63, 3.8) is 0 Å². The molecule has 1 N–H and O–H groups in total. The quantitative estimate of drug-likeness (QED) is 0.805. The van der Waals surface area contributed by atoms with Gasteiger partial charge in [-0.3, -0.25) is 4.79 Å². The second kappa shape index (κ2) is 7.79. The van der Waals surface area contributed by atoms with E-state index in [1.165, 1.54) is 6.20 Å². The highest BCUT2D eigenvalue weighted by atomic mass is 19.1. The Balaban J connectivity index is 1.71. The average molecular weight is 418 g/mol. The average Bonchev–Trinajstić information content (AvgIpc) is 3.53. The Morgan fingerprint density at radius 3 is 2.53 bits per heavy atom. The van der Waals surface area contributed by atoms with Gasteiger partial charge in [0.15, 0.2) is 11.6 Å². The summed E-state index contributed by atoms with van der Waals surface area (Å²) in [5.74, 6) is -2.04. The molecule has 2 fully saturated rings. The number of halogens is 2. The van der Waals surface area contributed by atoms with Crippen LogP contribution in [0.1, 0.15) is 42.1 Å². The van der Waals surface area contributed by atoms with Crippen molar-refractivity contribution in [2.24, 2.45) is 0 Å². The number of aromatic nitrogens is 2. The number of pyridine rings is 2. The second-order valence-electron chi connectivity index (χ2n) is 8.21. The molecule has 4 rings (SSSR count). The van der Waals surface area contributed by atoms with Crippen LogP contribution in [0, 0.1) is 5.82 Å². The molecule has 0 spiro atoms. The first-order chi connectivity index (χ1) is 14.3. The predicted molar refractivity (Wildman–Crippen MR) is 109 cm³/mol. The number of nitrogens with zero attached hydrogens (tertiary/aromatic N) is 4. The maximum Gasteiger partial charge on any atom is 0.341 e. The molecule has 2 aromatic heterocycles. The van der Waals surface area contributed by atoms with E-state index in [0.717, 1.165) is 24.5 Å². The zero-order valence-electron chi connectivity index (χ0n) is 17.0. The lowest BCUT2D eigenvalue weighted by atomic mass is 10.0. The van der Waals surface area contributed by atoms with E-state index in [1.807, 2.05) is 0 Å². The highest BCUT2D eigenvalue weighted by molar-refractivity contribution is 5.92. The van der Waals surface area contributed by atoms with E-state index >= 15 is 0 Å². The summed E-state index contributed by atoms with van der Waals surface area (Å²) in [5.41, 5.74) is -0.0828. The summed E-state index contributed by atoms with van der Waals surface area (Å²) in [6, 6.07) is 1.15. The molecule has 1 saturated carbocycles. The Bertz CT molecular complexity index is 1100. The number of carbonyl (C=O) groups is 1. The van der Waals surface area contributed by atoms with Gasteiger partial charge in [-0.05, 0) is 51.4 Å². The lowest BCUT2D eigenvalue weighted by Crippen LogP contribution is -2.33. The van der Waals surface area contributed by atoms with Gasteiger partial charge >= 0.3 is 5.97 Å². The van der Waals surface area contributed by atoms with E-state index in [2.05, 4.69) is 4.98 Å². The van der Waals surface area contributed by atoms with Gasteiger partial charge in [0.2, 0.25) is 5.43 Å². The van der Waals surface area contributed by atoms with Gasteiger partial charge in [0.05, 0.1) is 5.39 Å². The van der Waals surface area contributed by atoms with E-state index in [9.17, 15) is 23.5 Å². The number of aromatic carboxylic acids is 1. The third kappa shape index (κ3) is 3.81. The topological polar surface area (TPSA) is 78.7 Å². The molecule has 0 bridgehead atoms. The Morgan fingerprint density at radius 2 is 1.97 bits per heavy atom. The summed E-state index contributed by atoms with van der Waals surface area (Å²) in [6.45, 7) is 1.09. The molecular weight excluding hydrogens is 394 g/mol. The maximum atomic E-state index is 14.9. The smallest absolute Gasteiger partial charge is 0.341 e. The van der Waals surface area contributed by atoms with Gasteiger partial charge in [0.25, 0.3) is 0 Å². The highest BCUT2D eigenvalue weighted by Crippen LogP contribution is 2.37. The third-order valence-corrected chi connectivity index (χ3v) is 5.62. The van der Waals surface area contributed by atoms with Gasteiger partial charge in [-0.15, -0.1) is 0 Å². The molecule has 1 saturated heterocycles. The normalized spacial score (nSPS) is 17.1. The first-order valence-electron chi connectivity index (χ1n) is 10.0.